The molecule has 5 aromatic carbocycles. The second-order valence-corrected chi connectivity index (χ2v) is 15.7. The predicted octanol–water partition coefficient (Wildman–Crippen LogP) is 8.86. The van der Waals surface area contributed by atoms with Crippen molar-refractivity contribution in [2.75, 3.05) is 0 Å². The summed E-state index contributed by atoms with van der Waals surface area (Å²) in [5.41, 5.74) is 13.4. The van der Waals surface area contributed by atoms with Gasteiger partial charge in [0.1, 0.15) is 8.07 Å². The van der Waals surface area contributed by atoms with Crippen molar-refractivity contribution in [2.24, 2.45) is 0 Å². The molecule has 192 valence electrons. The average molecular weight is 530 g/mol. The smallest absolute Gasteiger partial charge is 0.113 e. The molecule has 1 aromatic heterocycles. The summed E-state index contributed by atoms with van der Waals surface area (Å²) in [7, 11) is -1.71. The average Bonchev–Trinajstić information content (AvgIpc) is 3.23. The van der Waals surface area contributed by atoms with Gasteiger partial charge in [0.05, 0.1) is 5.69 Å². The Labute approximate surface area is 237 Å². The Hall–Kier alpha value is -4.53. The summed E-state index contributed by atoms with van der Waals surface area (Å²) in [6.45, 7) is 7.00. The fraction of sp³-hybridized carbons (Fsp3) is 0.0789. The summed E-state index contributed by atoms with van der Waals surface area (Å²) in [5.74, 6) is 0. The summed E-state index contributed by atoms with van der Waals surface area (Å²) in [5, 5.41) is 3.09. The number of aryl methyl sites for hydroxylation is 1. The minimum atomic E-state index is -1.71. The Bertz CT molecular complexity index is 1900. The molecule has 2 heteroatoms. The van der Waals surface area contributed by atoms with Crippen molar-refractivity contribution in [1.29, 1.82) is 0 Å². The summed E-state index contributed by atoms with van der Waals surface area (Å²) in [6.07, 6.45) is 0. The van der Waals surface area contributed by atoms with E-state index >= 15 is 0 Å². The van der Waals surface area contributed by atoms with Gasteiger partial charge in [-0.15, -0.1) is 0 Å². The van der Waals surface area contributed by atoms with Gasteiger partial charge in [-0.05, 0) is 92.1 Å². The van der Waals surface area contributed by atoms with E-state index in [1.165, 1.54) is 44.5 Å². The molecule has 40 heavy (non-hydrogen) atoms. The first-order chi connectivity index (χ1) is 19.5. The lowest BCUT2D eigenvalue weighted by Gasteiger charge is -2.19. The van der Waals surface area contributed by atoms with Gasteiger partial charge in [0.15, 0.2) is 0 Å². The molecule has 0 unspecified atom stereocenters. The van der Waals surface area contributed by atoms with Crippen LogP contribution in [0.15, 0.2) is 133 Å². The third-order valence-corrected chi connectivity index (χ3v) is 11.9. The van der Waals surface area contributed by atoms with Gasteiger partial charge in [0, 0.05) is 11.3 Å². The quantitative estimate of drug-likeness (QED) is 0.208. The van der Waals surface area contributed by atoms with Crippen LogP contribution in [0.1, 0.15) is 5.69 Å². The third kappa shape index (κ3) is 4.22. The molecule has 0 saturated heterocycles. The first kappa shape index (κ1) is 24.5. The number of pyridine rings is 1. The number of fused-ring (bicyclic) bond motifs is 3. The molecule has 0 N–H and O–H groups in total. The van der Waals surface area contributed by atoms with Gasteiger partial charge in [0.25, 0.3) is 0 Å². The van der Waals surface area contributed by atoms with E-state index in [2.05, 4.69) is 140 Å². The first-order valence-corrected chi connectivity index (χ1v) is 17.0. The summed E-state index contributed by atoms with van der Waals surface area (Å²) in [6, 6.07) is 48.8. The van der Waals surface area contributed by atoms with E-state index in [0.717, 1.165) is 17.0 Å². The Morgan fingerprint density at radius 1 is 0.425 bits per heavy atom. The zero-order valence-corrected chi connectivity index (χ0v) is 24.1. The molecular formula is C38H31NSi. The van der Waals surface area contributed by atoms with Crippen LogP contribution in [-0.2, 0) is 0 Å². The van der Waals surface area contributed by atoms with Crippen LogP contribution in [0.3, 0.4) is 0 Å². The summed E-state index contributed by atoms with van der Waals surface area (Å²) in [4.78, 5) is 4.73. The van der Waals surface area contributed by atoms with E-state index < -0.39 is 8.07 Å². The molecule has 0 saturated carbocycles. The fourth-order valence-corrected chi connectivity index (χ4v) is 9.30. The predicted molar refractivity (Wildman–Crippen MR) is 173 cm³/mol. The van der Waals surface area contributed by atoms with E-state index in [9.17, 15) is 0 Å². The number of hydrogen-bond acceptors (Lipinski definition) is 1. The second kappa shape index (κ2) is 9.58. The number of benzene rings is 5. The van der Waals surface area contributed by atoms with Crippen LogP contribution >= 0.6 is 0 Å². The van der Waals surface area contributed by atoms with Crippen molar-refractivity contribution in [3.8, 4) is 55.8 Å². The summed E-state index contributed by atoms with van der Waals surface area (Å²) >= 11 is 0. The maximum absolute atomic E-state index is 4.73. The highest BCUT2D eigenvalue weighted by Gasteiger charge is 2.37. The van der Waals surface area contributed by atoms with Crippen molar-refractivity contribution in [2.45, 2.75) is 20.0 Å². The molecule has 1 aliphatic heterocycles. The molecule has 0 atom stereocenters. The SMILES string of the molecule is Cc1cccc(-c2cccc(-c3cccc(-c4cccc(-c5ccc6c(c5)[Si](C)(C)c5ccccc5-6)c4)c3)c2)n1. The first-order valence-electron chi connectivity index (χ1n) is 14.0. The van der Waals surface area contributed by atoms with Crippen molar-refractivity contribution in [1.82, 2.24) is 4.98 Å². The molecule has 0 amide bonds. The van der Waals surface area contributed by atoms with E-state index in [1.54, 1.807) is 10.4 Å². The maximum Gasteiger partial charge on any atom is 0.113 e. The lowest BCUT2D eigenvalue weighted by Crippen LogP contribution is -2.49. The van der Waals surface area contributed by atoms with Crippen molar-refractivity contribution in [3.05, 3.63) is 139 Å². The lowest BCUT2D eigenvalue weighted by atomic mass is 9.95. The Morgan fingerprint density at radius 3 is 1.55 bits per heavy atom. The van der Waals surface area contributed by atoms with Crippen LogP contribution in [0.5, 0.6) is 0 Å². The van der Waals surface area contributed by atoms with Crippen molar-refractivity contribution in [3.63, 3.8) is 0 Å². The molecule has 2 heterocycles. The maximum atomic E-state index is 4.73. The summed E-state index contributed by atoms with van der Waals surface area (Å²) < 4.78 is 0. The molecule has 1 nitrogen and oxygen atoms in total. The Kier molecular flexibility index (Phi) is 5.87. The Balaban J connectivity index is 1.24. The molecule has 1 aliphatic rings. The molecule has 0 bridgehead atoms. The molecule has 0 spiro atoms. The van der Waals surface area contributed by atoms with E-state index in [4.69, 9.17) is 4.98 Å². The van der Waals surface area contributed by atoms with Gasteiger partial charge in [-0.25, -0.2) is 0 Å². The van der Waals surface area contributed by atoms with Crippen LogP contribution in [0.4, 0.5) is 0 Å². The second-order valence-electron chi connectivity index (χ2n) is 11.3. The molecule has 7 rings (SSSR count). The van der Waals surface area contributed by atoms with E-state index in [1.807, 2.05) is 13.0 Å². The standard InChI is InChI=1S/C38H31NSi/c1-26-10-6-18-36(39-26)33-16-9-15-31(24-33)29-13-7-11-27(22-29)28-12-8-14-30(23-28)32-20-21-35-34-17-4-5-19-37(34)40(2,3)38(35)25-32/h4-25H,1-3H3. The Morgan fingerprint density at radius 2 is 0.925 bits per heavy atom. The zero-order valence-electron chi connectivity index (χ0n) is 23.1. The van der Waals surface area contributed by atoms with E-state index in [0.29, 0.717) is 0 Å². The zero-order chi connectivity index (χ0) is 27.3. The van der Waals surface area contributed by atoms with Gasteiger partial charge >= 0.3 is 0 Å². The molecule has 0 aliphatic carbocycles. The highest BCUT2D eigenvalue weighted by molar-refractivity contribution is 7.03. The third-order valence-electron chi connectivity index (χ3n) is 8.36. The van der Waals surface area contributed by atoms with Gasteiger partial charge in [-0.2, -0.15) is 0 Å². The highest BCUT2D eigenvalue weighted by Crippen LogP contribution is 2.34. The normalized spacial score (nSPS) is 13.1. The monoisotopic (exact) mass is 529 g/mol. The molecule has 0 radical (unpaired) electrons. The minimum absolute atomic E-state index is 1.01. The number of hydrogen-bond donors (Lipinski definition) is 0. The van der Waals surface area contributed by atoms with Crippen LogP contribution in [0, 0.1) is 6.92 Å². The number of rotatable bonds is 4. The van der Waals surface area contributed by atoms with Crippen LogP contribution < -0.4 is 10.4 Å². The minimum Gasteiger partial charge on any atom is -0.253 e. The van der Waals surface area contributed by atoms with Crippen LogP contribution in [0.25, 0.3) is 55.8 Å². The molecule has 6 aromatic rings. The van der Waals surface area contributed by atoms with Gasteiger partial charge in [0.2, 0.25) is 0 Å². The molecule has 0 fully saturated rings. The number of aromatic nitrogens is 1. The largest absolute Gasteiger partial charge is 0.253 e. The van der Waals surface area contributed by atoms with Crippen molar-refractivity contribution < 1.29 is 0 Å². The van der Waals surface area contributed by atoms with Gasteiger partial charge < -0.3 is 0 Å². The van der Waals surface area contributed by atoms with Gasteiger partial charge in [-0.3, -0.25) is 4.98 Å². The lowest BCUT2D eigenvalue weighted by molar-refractivity contribution is 1.21. The molecular weight excluding hydrogens is 499 g/mol. The topological polar surface area (TPSA) is 12.9 Å². The van der Waals surface area contributed by atoms with E-state index in [-0.39, 0.29) is 0 Å². The number of nitrogens with zero attached hydrogens (tertiary/aromatic N) is 1. The highest BCUT2D eigenvalue weighted by atomic mass is 28.3. The fourth-order valence-electron chi connectivity index (χ4n) is 6.20. The van der Waals surface area contributed by atoms with Crippen LogP contribution in [-0.4, -0.2) is 13.1 Å². The van der Waals surface area contributed by atoms with Crippen LogP contribution in [0.2, 0.25) is 13.1 Å². The van der Waals surface area contributed by atoms with Gasteiger partial charge in [-0.1, -0.05) is 116 Å². The van der Waals surface area contributed by atoms with Crippen molar-refractivity contribution >= 4 is 18.4 Å².